The quantitative estimate of drug-likeness (QED) is 0.633. The molecule has 1 N–H and O–H groups in total. The van der Waals surface area contributed by atoms with E-state index in [2.05, 4.69) is 21.2 Å². The van der Waals surface area contributed by atoms with Crippen molar-refractivity contribution < 1.29 is 13.6 Å². The average Bonchev–Trinajstić information content (AvgIpc) is 2.29. The van der Waals surface area contributed by atoms with E-state index in [0.717, 1.165) is 25.0 Å². The Hall–Kier alpha value is -0.970. The lowest BCUT2D eigenvalue weighted by atomic mass is 10.1. The molecule has 0 aliphatic heterocycles. The summed E-state index contributed by atoms with van der Waals surface area (Å²) in [4.78, 5) is 11.9. The summed E-state index contributed by atoms with van der Waals surface area (Å²) in [6.07, 6.45) is 1.93. The van der Waals surface area contributed by atoms with Gasteiger partial charge in [0.1, 0.15) is 0 Å². The first-order valence-corrected chi connectivity index (χ1v) is 6.75. The van der Waals surface area contributed by atoms with Crippen LogP contribution >= 0.6 is 15.9 Å². The summed E-state index contributed by atoms with van der Waals surface area (Å²) in [7, 11) is 0. The minimum atomic E-state index is -0.923. The molecule has 1 atom stereocenters. The van der Waals surface area contributed by atoms with Crippen molar-refractivity contribution in [1.82, 2.24) is 5.32 Å². The number of benzene rings is 1. The lowest BCUT2D eigenvalue weighted by molar-refractivity contribution is -0.120. The molecule has 100 valence electrons. The van der Waals surface area contributed by atoms with E-state index in [1.807, 2.05) is 6.92 Å². The number of hydrogen-bond acceptors (Lipinski definition) is 1. The van der Waals surface area contributed by atoms with Gasteiger partial charge in [-0.15, -0.1) is 0 Å². The molecule has 0 bridgehead atoms. The maximum Gasteiger partial charge on any atom is 0.224 e. The Morgan fingerprint density at radius 2 is 2.11 bits per heavy atom. The number of nitrogens with one attached hydrogen (secondary N) is 1. The smallest absolute Gasteiger partial charge is 0.224 e. The highest BCUT2D eigenvalue weighted by molar-refractivity contribution is 9.09. The maximum atomic E-state index is 12.9. The molecule has 5 heteroatoms. The first-order chi connectivity index (χ1) is 8.49. The zero-order valence-electron chi connectivity index (χ0n) is 10.2. The van der Waals surface area contributed by atoms with Crippen LogP contribution in [0.5, 0.6) is 0 Å². The molecule has 0 fully saturated rings. The number of carbonyl (C=O) groups excluding carboxylic acids is 1. The third kappa shape index (κ3) is 5.58. The van der Waals surface area contributed by atoms with Crippen molar-refractivity contribution in [1.29, 1.82) is 0 Å². The fourth-order valence-corrected chi connectivity index (χ4v) is 1.83. The van der Waals surface area contributed by atoms with Crippen LogP contribution in [0.15, 0.2) is 18.2 Å². The summed E-state index contributed by atoms with van der Waals surface area (Å²) in [5.74, 6) is -2.00. The lowest BCUT2D eigenvalue weighted by Crippen LogP contribution is -2.26. The third-order valence-corrected chi connectivity index (χ3v) is 2.91. The summed E-state index contributed by atoms with van der Waals surface area (Å²) in [6.45, 7) is 2.64. The van der Waals surface area contributed by atoms with Gasteiger partial charge in [0.2, 0.25) is 5.91 Å². The predicted octanol–water partition coefficient (Wildman–Crippen LogP) is 3.19. The summed E-state index contributed by atoms with van der Waals surface area (Å²) >= 11 is 3.42. The van der Waals surface area contributed by atoms with E-state index in [4.69, 9.17) is 0 Å². The van der Waals surface area contributed by atoms with Crippen LogP contribution in [0.2, 0.25) is 0 Å². The van der Waals surface area contributed by atoms with E-state index in [-0.39, 0.29) is 12.3 Å². The van der Waals surface area contributed by atoms with Crippen LogP contribution in [0, 0.1) is 11.6 Å². The van der Waals surface area contributed by atoms with Crippen molar-refractivity contribution in [2.45, 2.75) is 31.0 Å². The molecular formula is C13H16BrF2NO. The Kier molecular flexibility index (Phi) is 6.25. The van der Waals surface area contributed by atoms with E-state index in [1.54, 1.807) is 0 Å². The van der Waals surface area contributed by atoms with Crippen molar-refractivity contribution in [2.75, 3.05) is 6.54 Å². The second-order valence-electron chi connectivity index (χ2n) is 4.20. The number of halogens is 3. The SMILES string of the molecule is CC(Br)CCCNC(=O)Cc1ccc(F)c(F)c1. The van der Waals surface area contributed by atoms with Gasteiger partial charge < -0.3 is 5.32 Å². The standard InChI is InChI=1S/C13H16BrF2NO/c1-9(14)3-2-6-17-13(18)8-10-4-5-11(15)12(16)7-10/h4-5,7,9H,2-3,6,8H2,1H3,(H,17,18). The molecule has 2 nitrogen and oxygen atoms in total. The maximum absolute atomic E-state index is 12.9. The number of rotatable bonds is 6. The first-order valence-electron chi connectivity index (χ1n) is 5.83. The molecule has 0 aliphatic carbocycles. The van der Waals surface area contributed by atoms with Gasteiger partial charge in [-0.25, -0.2) is 8.78 Å². The molecule has 0 radical (unpaired) electrons. The van der Waals surface area contributed by atoms with E-state index in [9.17, 15) is 13.6 Å². The largest absolute Gasteiger partial charge is 0.356 e. The minimum absolute atomic E-state index is 0.0705. The molecule has 0 spiro atoms. The van der Waals surface area contributed by atoms with E-state index < -0.39 is 11.6 Å². The summed E-state index contributed by atoms with van der Waals surface area (Å²) in [6, 6.07) is 3.50. The molecule has 1 unspecified atom stereocenters. The fraction of sp³-hybridized carbons (Fsp3) is 0.462. The van der Waals surface area contributed by atoms with Crippen LogP contribution in [0.3, 0.4) is 0 Å². The van der Waals surface area contributed by atoms with E-state index in [0.29, 0.717) is 16.9 Å². The van der Waals surface area contributed by atoms with Gasteiger partial charge in [-0.1, -0.05) is 28.9 Å². The van der Waals surface area contributed by atoms with Crippen molar-refractivity contribution in [3.63, 3.8) is 0 Å². The Bertz CT molecular complexity index is 410. The normalized spacial score (nSPS) is 12.2. The lowest BCUT2D eigenvalue weighted by Gasteiger charge is -2.06. The number of amides is 1. The molecular weight excluding hydrogens is 304 g/mol. The first kappa shape index (κ1) is 15.1. The molecule has 1 aromatic rings. The monoisotopic (exact) mass is 319 g/mol. The van der Waals surface area contributed by atoms with Gasteiger partial charge in [-0.2, -0.15) is 0 Å². The van der Waals surface area contributed by atoms with E-state index in [1.165, 1.54) is 6.07 Å². The van der Waals surface area contributed by atoms with Crippen LogP contribution in [0.4, 0.5) is 8.78 Å². The molecule has 0 heterocycles. The highest BCUT2D eigenvalue weighted by atomic mass is 79.9. The molecule has 1 aromatic carbocycles. The summed E-state index contributed by atoms with van der Waals surface area (Å²) < 4.78 is 25.6. The molecule has 0 aliphatic rings. The fourth-order valence-electron chi connectivity index (χ4n) is 1.51. The molecule has 0 saturated heterocycles. The van der Waals surface area contributed by atoms with Gasteiger partial charge in [0, 0.05) is 11.4 Å². The van der Waals surface area contributed by atoms with Crippen molar-refractivity contribution >= 4 is 21.8 Å². The van der Waals surface area contributed by atoms with Crippen LogP contribution < -0.4 is 5.32 Å². The molecule has 0 aromatic heterocycles. The molecule has 0 saturated carbocycles. The van der Waals surface area contributed by atoms with Crippen molar-refractivity contribution in [3.05, 3.63) is 35.4 Å². The minimum Gasteiger partial charge on any atom is -0.356 e. The topological polar surface area (TPSA) is 29.1 Å². The molecule has 1 rings (SSSR count). The van der Waals surface area contributed by atoms with Gasteiger partial charge in [-0.05, 0) is 30.5 Å². The van der Waals surface area contributed by atoms with Crippen LogP contribution in [-0.4, -0.2) is 17.3 Å². The number of carbonyl (C=O) groups is 1. The van der Waals surface area contributed by atoms with Crippen LogP contribution in [0.1, 0.15) is 25.3 Å². The number of hydrogen-bond donors (Lipinski definition) is 1. The van der Waals surface area contributed by atoms with E-state index >= 15 is 0 Å². The second kappa shape index (κ2) is 7.46. The van der Waals surface area contributed by atoms with Crippen LogP contribution in [-0.2, 0) is 11.2 Å². The zero-order valence-corrected chi connectivity index (χ0v) is 11.8. The highest BCUT2D eigenvalue weighted by Gasteiger charge is 2.07. The molecule has 1 amide bonds. The Labute approximate surface area is 114 Å². The second-order valence-corrected chi connectivity index (χ2v) is 5.76. The van der Waals surface area contributed by atoms with Gasteiger partial charge in [-0.3, -0.25) is 4.79 Å². The summed E-state index contributed by atoms with van der Waals surface area (Å²) in [5.41, 5.74) is 0.472. The Balaban J connectivity index is 2.33. The van der Waals surface area contributed by atoms with Gasteiger partial charge in [0.15, 0.2) is 11.6 Å². The Morgan fingerprint density at radius 3 is 2.72 bits per heavy atom. The van der Waals surface area contributed by atoms with Gasteiger partial charge in [0.05, 0.1) is 6.42 Å². The van der Waals surface area contributed by atoms with Crippen molar-refractivity contribution in [3.8, 4) is 0 Å². The average molecular weight is 320 g/mol. The predicted molar refractivity (Wildman–Crippen MR) is 70.7 cm³/mol. The molecule has 18 heavy (non-hydrogen) atoms. The zero-order chi connectivity index (χ0) is 13.5. The van der Waals surface area contributed by atoms with Crippen molar-refractivity contribution in [2.24, 2.45) is 0 Å². The Morgan fingerprint density at radius 1 is 1.39 bits per heavy atom. The summed E-state index contributed by atoms with van der Waals surface area (Å²) in [5, 5.41) is 2.74. The highest BCUT2D eigenvalue weighted by Crippen LogP contribution is 2.09. The van der Waals surface area contributed by atoms with Crippen LogP contribution in [0.25, 0.3) is 0 Å². The number of alkyl halides is 1. The van der Waals surface area contributed by atoms with Gasteiger partial charge in [0.25, 0.3) is 0 Å². The third-order valence-electron chi connectivity index (χ3n) is 2.45. The van der Waals surface area contributed by atoms with Gasteiger partial charge >= 0.3 is 0 Å².